The first-order chi connectivity index (χ1) is 15.5. The highest BCUT2D eigenvalue weighted by atomic mass is 32.1. The maximum atomic E-state index is 13.5. The molecule has 6 heterocycles. The largest absolute Gasteiger partial charge is 0.281 e. The number of carbonyl (C=O) groups excluding carboxylic acids is 4. The van der Waals surface area contributed by atoms with Gasteiger partial charge in [0.1, 0.15) is 12.1 Å². The van der Waals surface area contributed by atoms with Gasteiger partial charge in [0, 0.05) is 22.8 Å². The molecule has 2 aromatic heterocycles. The number of hydrogen-bond acceptors (Lipinski definition) is 8. The van der Waals surface area contributed by atoms with Gasteiger partial charge in [-0.3, -0.25) is 29.0 Å². The minimum atomic E-state index is -0.706. The van der Waals surface area contributed by atoms with E-state index < -0.39 is 36.0 Å². The van der Waals surface area contributed by atoms with E-state index in [1.807, 2.05) is 45.0 Å². The number of likely N-dealkylation sites (N-methyl/N-ethyl adjacent to an activating group) is 2. The van der Waals surface area contributed by atoms with Crippen LogP contribution in [0.15, 0.2) is 35.0 Å². The van der Waals surface area contributed by atoms with Crippen LogP contribution in [0.2, 0.25) is 0 Å². The van der Waals surface area contributed by atoms with Crippen molar-refractivity contribution < 1.29 is 19.2 Å². The van der Waals surface area contributed by atoms with Crippen molar-refractivity contribution >= 4 is 46.3 Å². The molecule has 4 aliphatic heterocycles. The summed E-state index contributed by atoms with van der Waals surface area (Å²) in [7, 11) is 0. The normalized spacial score (nSPS) is 34.7. The molecule has 0 saturated carbocycles. The van der Waals surface area contributed by atoms with E-state index in [4.69, 9.17) is 0 Å². The Balaban J connectivity index is 1.57. The Morgan fingerprint density at radius 3 is 1.38 bits per heavy atom. The second kappa shape index (κ2) is 7.05. The van der Waals surface area contributed by atoms with Crippen LogP contribution in [0.3, 0.4) is 0 Å². The highest BCUT2D eigenvalue weighted by molar-refractivity contribution is 7.10. The van der Waals surface area contributed by atoms with Gasteiger partial charge < -0.3 is 0 Å². The zero-order valence-electron chi connectivity index (χ0n) is 17.6. The number of hydrazine groups is 1. The zero-order valence-corrected chi connectivity index (χ0v) is 19.2. The summed E-state index contributed by atoms with van der Waals surface area (Å²) in [6.45, 7) is 4.23. The van der Waals surface area contributed by atoms with E-state index >= 15 is 0 Å². The molecule has 8 nitrogen and oxygen atoms in total. The van der Waals surface area contributed by atoms with Crippen molar-refractivity contribution in [1.29, 1.82) is 0 Å². The summed E-state index contributed by atoms with van der Waals surface area (Å²) in [6.07, 6.45) is 0. The van der Waals surface area contributed by atoms with Crippen molar-refractivity contribution in [2.45, 2.75) is 38.0 Å². The predicted octanol–water partition coefficient (Wildman–Crippen LogP) is 1.89. The smallest absolute Gasteiger partial charge is 0.248 e. The van der Waals surface area contributed by atoms with Crippen LogP contribution < -0.4 is 0 Å². The van der Waals surface area contributed by atoms with Crippen LogP contribution in [0.5, 0.6) is 0 Å². The molecule has 0 bridgehead atoms. The topological polar surface area (TPSA) is 81.2 Å². The zero-order chi connectivity index (χ0) is 22.3. The van der Waals surface area contributed by atoms with Gasteiger partial charge in [-0.15, -0.1) is 22.7 Å². The highest BCUT2D eigenvalue weighted by Crippen LogP contribution is 2.59. The Kier molecular flexibility index (Phi) is 4.45. The summed E-state index contributed by atoms with van der Waals surface area (Å²) in [5.74, 6) is -2.05. The molecule has 4 saturated heterocycles. The third kappa shape index (κ3) is 2.33. The van der Waals surface area contributed by atoms with Crippen LogP contribution in [0, 0.1) is 11.8 Å². The molecule has 0 aromatic carbocycles. The van der Waals surface area contributed by atoms with Gasteiger partial charge in [-0.1, -0.05) is 12.1 Å². The van der Waals surface area contributed by atoms with Crippen LogP contribution in [0.4, 0.5) is 0 Å². The monoisotopic (exact) mass is 470 g/mol. The lowest BCUT2D eigenvalue weighted by Crippen LogP contribution is -2.49. The van der Waals surface area contributed by atoms with Gasteiger partial charge in [0.05, 0.1) is 23.9 Å². The van der Waals surface area contributed by atoms with Gasteiger partial charge >= 0.3 is 0 Å². The van der Waals surface area contributed by atoms with E-state index in [0.29, 0.717) is 13.1 Å². The van der Waals surface area contributed by atoms with Gasteiger partial charge in [-0.2, -0.15) is 0 Å². The third-order valence-corrected chi connectivity index (χ3v) is 9.10. The van der Waals surface area contributed by atoms with Crippen LogP contribution in [0.1, 0.15) is 35.7 Å². The number of imide groups is 2. The van der Waals surface area contributed by atoms with E-state index in [0.717, 1.165) is 9.75 Å². The molecule has 6 rings (SSSR count). The molecule has 4 fully saturated rings. The molecule has 10 heteroatoms. The molecular formula is C22H22N4O4S2. The molecular weight excluding hydrogens is 448 g/mol. The number of nitrogens with zero attached hydrogens (tertiary/aromatic N) is 4. The summed E-state index contributed by atoms with van der Waals surface area (Å²) >= 11 is 3.03. The van der Waals surface area contributed by atoms with Gasteiger partial charge in [-0.25, -0.2) is 10.0 Å². The Hall–Kier alpha value is -2.40. The molecule has 0 N–H and O–H groups in total. The molecule has 4 aliphatic rings. The van der Waals surface area contributed by atoms with Crippen molar-refractivity contribution in [2.24, 2.45) is 11.8 Å². The Morgan fingerprint density at radius 2 is 1.06 bits per heavy atom. The fraction of sp³-hybridized carbons (Fsp3) is 0.455. The highest BCUT2D eigenvalue weighted by Gasteiger charge is 2.73. The van der Waals surface area contributed by atoms with E-state index in [1.54, 1.807) is 13.8 Å². The molecule has 32 heavy (non-hydrogen) atoms. The average molecular weight is 471 g/mol. The molecule has 0 aliphatic carbocycles. The van der Waals surface area contributed by atoms with Crippen molar-refractivity contribution in [2.75, 3.05) is 13.1 Å². The SMILES string of the molecule is CCN1C(=O)[C@@H]2[C@H](C1=O)N1[C@H](c3cccs3)[C@@H]3C(=O)N(CC)C(=O)[C@@H]3N1[C@H]2c1cccs1. The first-order valence-electron chi connectivity index (χ1n) is 10.8. The minimum absolute atomic E-state index is 0.194. The predicted molar refractivity (Wildman–Crippen MR) is 117 cm³/mol. The fourth-order valence-corrected chi connectivity index (χ4v) is 7.78. The van der Waals surface area contributed by atoms with Crippen LogP contribution >= 0.6 is 22.7 Å². The number of amides is 4. The summed E-state index contributed by atoms with van der Waals surface area (Å²) in [4.78, 5) is 58.3. The second-order valence-corrected chi connectivity index (χ2v) is 10.4. The third-order valence-electron chi connectivity index (χ3n) is 7.21. The second-order valence-electron chi connectivity index (χ2n) is 8.46. The standard InChI is InChI=1S/C22H22N4O4S2/c1-3-23-19(27)13-15(11-7-5-9-31-11)26-18-14(20(28)24(4-2)22(18)30)16(12-8-6-10-32-12)25(26)17(13)21(23)29/h5-10,13-18H,3-4H2,1-2H3/t13-,14-,15-,16+,17+,18+/m0/s1. The van der Waals surface area contributed by atoms with Crippen molar-refractivity contribution in [3.05, 3.63) is 44.8 Å². The first kappa shape index (κ1) is 20.2. The summed E-state index contributed by atoms with van der Waals surface area (Å²) < 4.78 is 0. The molecule has 0 spiro atoms. The molecule has 0 radical (unpaired) electrons. The van der Waals surface area contributed by atoms with Crippen LogP contribution in [-0.4, -0.2) is 68.6 Å². The molecule has 6 atom stereocenters. The van der Waals surface area contributed by atoms with Crippen LogP contribution in [-0.2, 0) is 19.2 Å². The van der Waals surface area contributed by atoms with Gasteiger partial charge in [0.2, 0.25) is 23.6 Å². The van der Waals surface area contributed by atoms with Crippen molar-refractivity contribution in [3.8, 4) is 0 Å². The minimum Gasteiger partial charge on any atom is -0.281 e. The number of hydrogen-bond donors (Lipinski definition) is 0. The Morgan fingerprint density at radius 1 is 0.656 bits per heavy atom. The number of likely N-dealkylation sites (tertiary alicyclic amines) is 2. The lowest BCUT2D eigenvalue weighted by atomic mass is 9.88. The number of rotatable bonds is 4. The van der Waals surface area contributed by atoms with E-state index in [9.17, 15) is 19.2 Å². The maximum Gasteiger partial charge on any atom is 0.248 e. The van der Waals surface area contributed by atoms with E-state index in [1.165, 1.54) is 32.5 Å². The molecule has 4 amide bonds. The summed E-state index contributed by atoms with van der Waals surface area (Å²) in [5.41, 5.74) is 0. The van der Waals surface area contributed by atoms with Gasteiger partial charge in [-0.05, 0) is 36.7 Å². The molecule has 166 valence electrons. The number of fused-ring (bicyclic) bond motifs is 5. The maximum absolute atomic E-state index is 13.5. The lowest BCUT2D eigenvalue weighted by Gasteiger charge is -2.34. The molecule has 0 unspecified atom stereocenters. The van der Waals surface area contributed by atoms with E-state index in [-0.39, 0.29) is 23.6 Å². The summed E-state index contributed by atoms with van der Waals surface area (Å²) in [6, 6.07) is 5.44. The summed E-state index contributed by atoms with van der Waals surface area (Å²) in [5, 5.41) is 7.73. The van der Waals surface area contributed by atoms with Crippen LogP contribution in [0.25, 0.3) is 0 Å². The fourth-order valence-electron chi connectivity index (χ4n) is 6.05. The number of thiophene rings is 2. The Bertz CT molecular complexity index is 1030. The van der Waals surface area contributed by atoms with E-state index in [2.05, 4.69) is 0 Å². The van der Waals surface area contributed by atoms with Gasteiger partial charge in [0.25, 0.3) is 0 Å². The average Bonchev–Trinajstić information content (AvgIpc) is 3.58. The quantitative estimate of drug-likeness (QED) is 0.635. The lowest BCUT2D eigenvalue weighted by molar-refractivity contribution is -0.152. The number of carbonyl (C=O) groups is 4. The molecule has 2 aromatic rings. The Labute approximate surface area is 193 Å². The first-order valence-corrected chi connectivity index (χ1v) is 12.6. The van der Waals surface area contributed by atoms with Crippen molar-refractivity contribution in [1.82, 2.24) is 19.8 Å². The van der Waals surface area contributed by atoms with Crippen molar-refractivity contribution in [3.63, 3.8) is 0 Å². The van der Waals surface area contributed by atoms with Gasteiger partial charge in [0.15, 0.2) is 0 Å².